The molecule has 0 unspecified atom stereocenters. The molecule has 0 bridgehead atoms. The zero-order chi connectivity index (χ0) is 14.0. The first-order valence-electron chi connectivity index (χ1n) is 5.27. The molecule has 102 valence electrons. The molecule has 5 N–H and O–H groups in total. The third-order valence-corrected chi connectivity index (χ3v) is 4.65. The number of nitrogens with two attached hydrogens (primary N) is 2. The van der Waals surface area contributed by atoms with E-state index in [2.05, 4.69) is 5.32 Å². The molecular weight excluding hydrogens is 306 g/mol. The van der Waals surface area contributed by atoms with E-state index >= 15 is 0 Å². The van der Waals surface area contributed by atoms with Gasteiger partial charge >= 0.3 is 0 Å². The summed E-state index contributed by atoms with van der Waals surface area (Å²) in [6, 6.07) is 8.34. The third kappa shape index (κ3) is 3.38. The van der Waals surface area contributed by atoms with E-state index < -0.39 is 10.0 Å². The lowest BCUT2D eigenvalue weighted by Crippen LogP contribution is -2.15. The molecule has 0 aliphatic heterocycles. The summed E-state index contributed by atoms with van der Waals surface area (Å²) in [7, 11) is -3.82. The molecule has 19 heavy (non-hydrogen) atoms. The number of primary sulfonamides is 1. The maximum atomic E-state index is 11.3. The molecule has 5 nitrogen and oxygen atoms in total. The van der Waals surface area contributed by atoms with Gasteiger partial charge in [0.25, 0.3) is 0 Å². The van der Waals surface area contributed by atoms with Gasteiger partial charge in [0.15, 0.2) is 0 Å². The fourth-order valence-corrected chi connectivity index (χ4v) is 3.29. The maximum Gasteiger partial charge on any atom is 0.240 e. The van der Waals surface area contributed by atoms with Gasteiger partial charge in [0.1, 0.15) is 4.90 Å². The van der Waals surface area contributed by atoms with Gasteiger partial charge in [0, 0.05) is 11.4 Å². The molecular formula is C11H12ClN3O2S2. The normalized spacial score (nSPS) is 11.5. The minimum Gasteiger partial charge on any atom is -0.396 e. The zero-order valence-corrected chi connectivity index (χ0v) is 12.1. The summed E-state index contributed by atoms with van der Waals surface area (Å²) in [5, 5.41) is 8.15. The molecule has 8 heteroatoms. The van der Waals surface area contributed by atoms with Crippen molar-refractivity contribution in [2.75, 3.05) is 11.1 Å². The van der Waals surface area contributed by atoms with Gasteiger partial charge < -0.3 is 11.1 Å². The average Bonchev–Trinajstić information content (AvgIpc) is 2.72. The van der Waals surface area contributed by atoms with Gasteiger partial charge in [-0.25, -0.2) is 13.6 Å². The Kier molecular flexibility index (Phi) is 4.00. The minimum absolute atomic E-state index is 0.0817. The van der Waals surface area contributed by atoms with Crippen molar-refractivity contribution in [3.8, 4) is 0 Å². The molecule has 0 fully saturated rings. The fraction of sp³-hybridized carbons (Fsp3) is 0.0909. The highest BCUT2D eigenvalue weighted by molar-refractivity contribution is 7.89. The van der Waals surface area contributed by atoms with E-state index in [0.717, 1.165) is 4.88 Å². The first-order chi connectivity index (χ1) is 8.88. The van der Waals surface area contributed by atoms with Gasteiger partial charge in [-0.2, -0.15) is 0 Å². The Balaban J connectivity index is 2.22. The van der Waals surface area contributed by atoms with Crippen molar-refractivity contribution in [2.45, 2.75) is 11.4 Å². The van der Waals surface area contributed by atoms with E-state index in [1.807, 2.05) is 6.07 Å². The lowest BCUT2D eigenvalue weighted by Gasteiger charge is -2.11. The smallest absolute Gasteiger partial charge is 0.240 e. The quantitative estimate of drug-likeness (QED) is 0.753. The Hall–Kier alpha value is -1.28. The van der Waals surface area contributed by atoms with Crippen molar-refractivity contribution in [3.05, 3.63) is 39.5 Å². The lowest BCUT2D eigenvalue weighted by atomic mass is 10.2. The molecule has 0 aliphatic rings. The SMILES string of the molecule is Nc1c(NCc2ccc(Cl)s2)cccc1S(N)(=O)=O. The monoisotopic (exact) mass is 317 g/mol. The maximum absolute atomic E-state index is 11.3. The number of rotatable bonds is 4. The number of hydrogen-bond donors (Lipinski definition) is 3. The molecule has 0 spiro atoms. The fourth-order valence-electron chi connectivity index (χ4n) is 1.58. The first-order valence-corrected chi connectivity index (χ1v) is 8.01. The Morgan fingerprint density at radius 3 is 2.58 bits per heavy atom. The Morgan fingerprint density at radius 2 is 2.00 bits per heavy atom. The van der Waals surface area contributed by atoms with Crippen LogP contribution in [0.3, 0.4) is 0 Å². The summed E-state index contributed by atoms with van der Waals surface area (Å²) in [6.45, 7) is 0.510. The highest BCUT2D eigenvalue weighted by atomic mass is 35.5. The van der Waals surface area contributed by atoms with Crippen LogP contribution in [0.2, 0.25) is 4.34 Å². The van der Waals surface area contributed by atoms with Crippen molar-refractivity contribution < 1.29 is 8.42 Å². The summed E-state index contributed by atoms with van der Waals surface area (Å²) in [5.74, 6) is 0. The number of halogens is 1. The van der Waals surface area contributed by atoms with Crippen LogP contribution in [0.5, 0.6) is 0 Å². The van der Waals surface area contributed by atoms with Gasteiger partial charge in [-0.15, -0.1) is 11.3 Å². The second kappa shape index (κ2) is 5.38. The number of thiophene rings is 1. The summed E-state index contributed by atoms with van der Waals surface area (Å²) >= 11 is 7.27. The minimum atomic E-state index is -3.82. The highest BCUT2D eigenvalue weighted by Crippen LogP contribution is 2.27. The van der Waals surface area contributed by atoms with Crippen LogP contribution in [0.25, 0.3) is 0 Å². The predicted octanol–water partition coefficient (Wildman–Crippen LogP) is 2.24. The molecule has 0 saturated heterocycles. The number of sulfonamides is 1. The lowest BCUT2D eigenvalue weighted by molar-refractivity contribution is 0.598. The van der Waals surface area contributed by atoms with E-state index in [9.17, 15) is 8.42 Å². The van der Waals surface area contributed by atoms with Crippen LogP contribution in [0.4, 0.5) is 11.4 Å². The topological polar surface area (TPSA) is 98.2 Å². The van der Waals surface area contributed by atoms with Crippen LogP contribution in [-0.4, -0.2) is 8.42 Å². The van der Waals surface area contributed by atoms with Crippen LogP contribution >= 0.6 is 22.9 Å². The number of nitrogen functional groups attached to an aromatic ring is 1. The third-order valence-electron chi connectivity index (χ3n) is 2.45. The number of nitrogens with one attached hydrogen (secondary N) is 1. The standard InChI is InChI=1S/C11H12ClN3O2S2/c12-10-5-4-7(18-10)6-15-8-2-1-3-9(11(8)13)19(14,16)17/h1-5,15H,6,13H2,(H2,14,16,17). The van der Waals surface area contributed by atoms with Gasteiger partial charge in [-0.3, -0.25) is 0 Å². The average molecular weight is 318 g/mol. The molecule has 0 aliphatic carbocycles. The molecule has 1 aromatic heterocycles. The second-order valence-electron chi connectivity index (χ2n) is 3.82. The second-order valence-corrected chi connectivity index (χ2v) is 7.15. The Morgan fingerprint density at radius 1 is 1.26 bits per heavy atom. The Bertz CT molecular complexity index is 698. The van der Waals surface area contributed by atoms with Gasteiger partial charge in [-0.1, -0.05) is 17.7 Å². The molecule has 2 aromatic rings. The van der Waals surface area contributed by atoms with E-state index in [1.54, 1.807) is 18.2 Å². The van der Waals surface area contributed by atoms with Gasteiger partial charge in [-0.05, 0) is 24.3 Å². The van der Waals surface area contributed by atoms with Crippen LogP contribution in [0.15, 0.2) is 35.2 Å². The van der Waals surface area contributed by atoms with Crippen LogP contribution in [-0.2, 0) is 16.6 Å². The molecule has 1 heterocycles. The molecule has 0 radical (unpaired) electrons. The molecule has 1 aromatic carbocycles. The van der Waals surface area contributed by atoms with Crippen molar-refractivity contribution in [1.29, 1.82) is 0 Å². The van der Waals surface area contributed by atoms with E-state index in [4.69, 9.17) is 22.5 Å². The number of anilines is 2. The van der Waals surface area contributed by atoms with Crippen molar-refractivity contribution in [2.24, 2.45) is 5.14 Å². The van der Waals surface area contributed by atoms with Gasteiger partial charge in [0.2, 0.25) is 10.0 Å². The van der Waals surface area contributed by atoms with Crippen LogP contribution < -0.4 is 16.2 Å². The molecule has 0 saturated carbocycles. The van der Waals surface area contributed by atoms with Crippen molar-refractivity contribution in [1.82, 2.24) is 0 Å². The zero-order valence-electron chi connectivity index (χ0n) is 9.76. The van der Waals surface area contributed by atoms with Crippen LogP contribution in [0.1, 0.15) is 4.88 Å². The van der Waals surface area contributed by atoms with E-state index in [1.165, 1.54) is 17.4 Å². The van der Waals surface area contributed by atoms with Crippen LogP contribution in [0, 0.1) is 0 Å². The predicted molar refractivity (Wildman–Crippen MR) is 78.9 cm³/mol. The Labute approximate surface area is 120 Å². The van der Waals surface area contributed by atoms with Gasteiger partial charge in [0.05, 0.1) is 15.7 Å². The molecule has 0 amide bonds. The summed E-state index contributed by atoms with van der Waals surface area (Å²) in [4.78, 5) is 0.937. The van der Waals surface area contributed by atoms with E-state index in [-0.39, 0.29) is 10.6 Å². The number of hydrogen-bond acceptors (Lipinski definition) is 5. The number of benzene rings is 1. The van der Waals surface area contributed by atoms with Crippen molar-refractivity contribution in [3.63, 3.8) is 0 Å². The molecule has 0 atom stereocenters. The largest absolute Gasteiger partial charge is 0.396 e. The summed E-state index contributed by atoms with van der Waals surface area (Å²) < 4.78 is 23.4. The van der Waals surface area contributed by atoms with Crippen molar-refractivity contribution >= 4 is 44.3 Å². The van der Waals surface area contributed by atoms with E-state index in [0.29, 0.717) is 16.6 Å². The summed E-state index contributed by atoms with van der Waals surface area (Å²) in [5.41, 5.74) is 6.44. The number of para-hydroxylation sites is 1. The highest BCUT2D eigenvalue weighted by Gasteiger charge is 2.14. The molecule has 2 rings (SSSR count). The summed E-state index contributed by atoms with van der Waals surface area (Å²) in [6.07, 6.45) is 0. The first kappa shape index (κ1) is 14.1.